The van der Waals surface area contributed by atoms with E-state index in [1.165, 1.54) is 19.2 Å². The first-order valence-corrected chi connectivity index (χ1v) is 10.00. The number of alkyl halides is 3. The molecule has 1 N–H and O–H groups in total. The number of carbonyl (C=O) groups is 1. The summed E-state index contributed by atoms with van der Waals surface area (Å²) in [6.45, 7) is 2.33. The maximum atomic E-state index is 13.8. The average molecular weight is 464 g/mol. The molecule has 0 radical (unpaired) electrons. The van der Waals surface area contributed by atoms with Crippen molar-refractivity contribution in [2.24, 2.45) is 0 Å². The van der Waals surface area contributed by atoms with E-state index in [0.29, 0.717) is 27.3 Å². The normalized spacial score (nSPS) is 11.5. The summed E-state index contributed by atoms with van der Waals surface area (Å²) in [5.74, 6) is -0.478. The number of benzene rings is 1. The molecule has 4 aromatic rings. The molecule has 0 unspecified atom stereocenters. The number of carbonyl (C=O) groups excluding carboxylic acids is 1. The van der Waals surface area contributed by atoms with E-state index in [1.807, 2.05) is 6.92 Å². The van der Waals surface area contributed by atoms with Gasteiger partial charge in [0.1, 0.15) is 5.75 Å². The van der Waals surface area contributed by atoms with E-state index in [4.69, 9.17) is 9.47 Å². The van der Waals surface area contributed by atoms with Gasteiger partial charge >= 0.3 is 6.18 Å². The van der Waals surface area contributed by atoms with Gasteiger partial charge in [0, 0.05) is 6.07 Å². The molecule has 0 aliphatic rings. The Balaban J connectivity index is 1.66. The molecule has 0 saturated heterocycles. The van der Waals surface area contributed by atoms with Crippen LogP contribution in [0, 0.1) is 0 Å². The number of nitrogens with one attached hydrogen (secondary N) is 1. The molecule has 1 aromatic carbocycles. The number of rotatable bonds is 6. The smallest absolute Gasteiger partial charge is 0.434 e. The molecule has 0 fully saturated rings. The van der Waals surface area contributed by atoms with Crippen molar-refractivity contribution < 1.29 is 27.4 Å². The van der Waals surface area contributed by atoms with E-state index < -0.39 is 23.3 Å². The van der Waals surface area contributed by atoms with Gasteiger partial charge in [-0.15, -0.1) is 10.2 Å². The number of thiazole rings is 1. The Morgan fingerprint density at radius 3 is 2.69 bits per heavy atom. The molecular weight excluding hydrogens is 449 g/mol. The Hall–Kier alpha value is -3.74. The van der Waals surface area contributed by atoms with Crippen molar-refractivity contribution in [1.29, 1.82) is 0 Å². The van der Waals surface area contributed by atoms with Crippen molar-refractivity contribution in [3.63, 3.8) is 0 Å². The summed E-state index contributed by atoms with van der Waals surface area (Å²) in [4.78, 5) is 16.9. The maximum Gasteiger partial charge on any atom is 0.434 e. The molecule has 0 spiro atoms. The maximum absolute atomic E-state index is 13.8. The van der Waals surface area contributed by atoms with Crippen molar-refractivity contribution in [1.82, 2.24) is 25.0 Å². The van der Waals surface area contributed by atoms with Gasteiger partial charge in [0.25, 0.3) is 5.91 Å². The van der Waals surface area contributed by atoms with Crippen LogP contribution in [0.4, 0.5) is 18.3 Å². The van der Waals surface area contributed by atoms with E-state index in [0.717, 1.165) is 17.5 Å². The minimum atomic E-state index is -4.88. The Kier molecular flexibility index (Phi) is 5.65. The summed E-state index contributed by atoms with van der Waals surface area (Å²) in [7, 11) is 1.35. The van der Waals surface area contributed by atoms with Gasteiger partial charge in [0.05, 0.1) is 35.7 Å². The lowest BCUT2D eigenvalue weighted by Gasteiger charge is -2.11. The molecule has 9 nitrogen and oxygen atoms in total. The predicted octanol–water partition coefficient (Wildman–Crippen LogP) is 3.95. The van der Waals surface area contributed by atoms with Gasteiger partial charge in [-0.05, 0) is 31.2 Å². The number of nitrogens with zero attached hydrogens (tertiary/aromatic N) is 5. The van der Waals surface area contributed by atoms with Crippen molar-refractivity contribution in [3.05, 3.63) is 47.8 Å². The molecule has 166 valence electrons. The Labute approximate surface area is 182 Å². The van der Waals surface area contributed by atoms with Crippen molar-refractivity contribution in [2.75, 3.05) is 19.0 Å². The van der Waals surface area contributed by atoms with Crippen LogP contribution in [0.3, 0.4) is 0 Å². The lowest BCUT2D eigenvalue weighted by atomic mass is 10.2. The van der Waals surface area contributed by atoms with E-state index in [9.17, 15) is 18.0 Å². The van der Waals surface area contributed by atoms with Gasteiger partial charge < -0.3 is 9.47 Å². The highest BCUT2D eigenvalue weighted by molar-refractivity contribution is 7.22. The Bertz CT molecular complexity index is 1270. The summed E-state index contributed by atoms with van der Waals surface area (Å²) in [5.41, 5.74) is -1.38. The quantitative estimate of drug-likeness (QED) is 0.461. The van der Waals surface area contributed by atoms with Crippen molar-refractivity contribution >= 4 is 32.6 Å². The molecule has 3 heterocycles. The summed E-state index contributed by atoms with van der Waals surface area (Å²) in [6, 6.07) is 7.75. The molecule has 32 heavy (non-hydrogen) atoms. The molecular formula is C19H15F3N6O3S. The second kappa shape index (κ2) is 8.42. The van der Waals surface area contributed by atoms with Gasteiger partial charge in [0.2, 0.25) is 5.88 Å². The Morgan fingerprint density at radius 1 is 1.22 bits per heavy atom. The first kappa shape index (κ1) is 21.5. The molecule has 0 atom stereocenters. The fourth-order valence-corrected chi connectivity index (χ4v) is 3.76. The zero-order valence-corrected chi connectivity index (χ0v) is 17.5. The topological polar surface area (TPSA) is 104 Å². The highest BCUT2D eigenvalue weighted by atomic mass is 32.1. The number of fused-ring (bicyclic) bond motifs is 1. The number of aromatic nitrogens is 5. The first-order valence-electron chi connectivity index (χ1n) is 9.18. The molecule has 3 aromatic heterocycles. The highest BCUT2D eigenvalue weighted by Crippen LogP contribution is 2.34. The van der Waals surface area contributed by atoms with Crippen LogP contribution >= 0.6 is 11.3 Å². The van der Waals surface area contributed by atoms with Gasteiger partial charge in [-0.3, -0.25) is 10.1 Å². The number of methoxy groups -OCH3 is 1. The molecule has 1 amide bonds. The van der Waals surface area contributed by atoms with Gasteiger partial charge in [-0.25, -0.2) is 9.67 Å². The predicted molar refractivity (Wildman–Crippen MR) is 109 cm³/mol. The molecule has 0 bridgehead atoms. The van der Waals surface area contributed by atoms with E-state index in [-0.39, 0.29) is 16.8 Å². The van der Waals surface area contributed by atoms with Crippen LogP contribution in [0.15, 0.2) is 36.5 Å². The van der Waals surface area contributed by atoms with Gasteiger partial charge in [-0.1, -0.05) is 11.3 Å². The van der Waals surface area contributed by atoms with E-state index in [1.54, 1.807) is 18.2 Å². The largest absolute Gasteiger partial charge is 0.494 e. The minimum absolute atomic E-state index is 0.121. The second-order valence-electron chi connectivity index (χ2n) is 6.29. The third-order valence-corrected chi connectivity index (χ3v) is 5.16. The molecule has 0 aliphatic carbocycles. The van der Waals surface area contributed by atoms with Crippen LogP contribution in [0.1, 0.15) is 23.0 Å². The van der Waals surface area contributed by atoms with Crippen LogP contribution in [0.25, 0.3) is 16.0 Å². The molecule has 0 saturated carbocycles. The van der Waals surface area contributed by atoms with Crippen LogP contribution in [-0.4, -0.2) is 44.6 Å². The van der Waals surface area contributed by atoms with Crippen molar-refractivity contribution in [2.45, 2.75) is 13.1 Å². The third kappa shape index (κ3) is 4.19. The van der Waals surface area contributed by atoms with Crippen LogP contribution in [0.2, 0.25) is 0 Å². The molecule has 0 aliphatic heterocycles. The minimum Gasteiger partial charge on any atom is -0.494 e. The molecule has 13 heteroatoms. The van der Waals surface area contributed by atoms with Gasteiger partial charge in [-0.2, -0.15) is 18.3 Å². The summed E-state index contributed by atoms with van der Waals surface area (Å²) < 4.78 is 52.9. The summed E-state index contributed by atoms with van der Waals surface area (Å²) >= 11 is 1.11. The summed E-state index contributed by atoms with van der Waals surface area (Å²) in [5, 5.41) is 13.6. The van der Waals surface area contributed by atoms with Crippen LogP contribution in [-0.2, 0) is 6.18 Å². The zero-order valence-electron chi connectivity index (χ0n) is 16.7. The number of amides is 1. The number of hydrogen-bond donors (Lipinski definition) is 1. The first-order chi connectivity index (χ1) is 15.3. The van der Waals surface area contributed by atoms with Crippen LogP contribution < -0.4 is 14.8 Å². The highest BCUT2D eigenvalue weighted by Gasteiger charge is 2.41. The van der Waals surface area contributed by atoms with E-state index >= 15 is 0 Å². The average Bonchev–Trinajstić information content (AvgIpc) is 3.37. The fraction of sp³-hybridized carbons (Fsp3) is 0.211. The number of ether oxygens (including phenoxy) is 2. The van der Waals surface area contributed by atoms with E-state index in [2.05, 4.69) is 25.6 Å². The zero-order chi connectivity index (χ0) is 22.9. The van der Waals surface area contributed by atoms with Crippen LogP contribution in [0.5, 0.6) is 11.6 Å². The molecule has 4 rings (SSSR count). The third-order valence-electron chi connectivity index (χ3n) is 4.23. The fourth-order valence-electron chi connectivity index (χ4n) is 2.88. The lowest BCUT2D eigenvalue weighted by Crippen LogP contribution is -2.21. The van der Waals surface area contributed by atoms with Crippen molar-refractivity contribution in [3.8, 4) is 17.4 Å². The SMILES string of the molecule is CCOc1ccc2nc(NC(=O)c3cnn(-c4ccc(OC)nn4)c3C(F)(F)F)sc2c1. The lowest BCUT2D eigenvalue weighted by molar-refractivity contribution is -0.143. The number of halogens is 3. The standard InChI is InChI=1S/C19H15F3N6O3S/c1-3-31-10-4-5-12-13(8-10)32-18(24-12)25-17(29)11-9-23-28(16(11)19(20,21)22)14-6-7-15(30-2)27-26-14/h4-9H,3H2,1-2H3,(H,24,25,29). The summed E-state index contributed by atoms with van der Waals surface area (Å²) in [6.07, 6.45) is -4.06. The Morgan fingerprint density at radius 2 is 2.03 bits per heavy atom. The number of hydrogen-bond acceptors (Lipinski definition) is 8. The van der Waals surface area contributed by atoms with Gasteiger partial charge in [0.15, 0.2) is 16.6 Å². The second-order valence-corrected chi connectivity index (χ2v) is 7.32. The monoisotopic (exact) mass is 464 g/mol. The number of anilines is 1.